The fourth-order valence-electron chi connectivity index (χ4n) is 1.67. The first kappa shape index (κ1) is 11.0. The van der Waals surface area contributed by atoms with E-state index in [9.17, 15) is 9.59 Å². The van der Waals surface area contributed by atoms with E-state index in [1.54, 1.807) is 4.90 Å². The van der Waals surface area contributed by atoms with Gasteiger partial charge in [0.25, 0.3) is 0 Å². The maximum absolute atomic E-state index is 11.4. The molecular formula is C10H17NO3. The van der Waals surface area contributed by atoms with Gasteiger partial charge in [-0.3, -0.25) is 9.59 Å². The summed E-state index contributed by atoms with van der Waals surface area (Å²) < 4.78 is 4.52. The lowest BCUT2D eigenvalue weighted by Crippen LogP contribution is -2.28. The lowest BCUT2D eigenvalue weighted by atomic mass is 10.1. The van der Waals surface area contributed by atoms with Crippen LogP contribution < -0.4 is 0 Å². The van der Waals surface area contributed by atoms with Gasteiger partial charge < -0.3 is 9.64 Å². The van der Waals surface area contributed by atoms with E-state index in [4.69, 9.17) is 0 Å². The molecule has 1 aliphatic rings. The number of methoxy groups -OCH3 is 1. The number of ether oxygens (including phenoxy) is 1. The van der Waals surface area contributed by atoms with Gasteiger partial charge in [-0.2, -0.15) is 0 Å². The molecule has 14 heavy (non-hydrogen) atoms. The summed E-state index contributed by atoms with van der Waals surface area (Å²) in [4.78, 5) is 24.0. The van der Waals surface area contributed by atoms with Crippen LogP contribution in [0.15, 0.2) is 0 Å². The monoisotopic (exact) mass is 199 g/mol. The van der Waals surface area contributed by atoms with Gasteiger partial charge in [-0.1, -0.05) is 13.3 Å². The molecule has 0 spiro atoms. The van der Waals surface area contributed by atoms with Gasteiger partial charge in [0.2, 0.25) is 5.91 Å². The van der Waals surface area contributed by atoms with Gasteiger partial charge in [-0.15, -0.1) is 0 Å². The van der Waals surface area contributed by atoms with Crippen molar-refractivity contribution in [2.75, 3.05) is 20.2 Å². The van der Waals surface area contributed by atoms with Crippen LogP contribution in [0, 0.1) is 5.92 Å². The highest BCUT2D eigenvalue weighted by Gasteiger charge is 2.28. The summed E-state index contributed by atoms with van der Waals surface area (Å²) in [5, 5.41) is 0. The van der Waals surface area contributed by atoms with Crippen molar-refractivity contribution >= 4 is 11.9 Å². The minimum absolute atomic E-state index is 0.167. The zero-order valence-corrected chi connectivity index (χ0v) is 8.78. The van der Waals surface area contributed by atoms with Gasteiger partial charge >= 0.3 is 5.97 Å². The normalized spacial score (nSPS) is 21.4. The van der Waals surface area contributed by atoms with Crippen molar-refractivity contribution in [2.45, 2.75) is 26.2 Å². The first-order chi connectivity index (χ1) is 6.67. The van der Waals surface area contributed by atoms with Gasteiger partial charge in [0.1, 0.15) is 0 Å². The van der Waals surface area contributed by atoms with Crippen LogP contribution in [0.5, 0.6) is 0 Å². The SMILES string of the molecule is CCC1CC(=O)N(CCC(=O)OC)C1. The molecule has 0 aliphatic carbocycles. The van der Waals surface area contributed by atoms with Crippen LogP contribution in [-0.2, 0) is 14.3 Å². The largest absolute Gasteiger partial charge is 0.469 e. The minimum Gasteiger partial charge on any atom is -0.469 e. The van der Waals surface area contributed by atoms with E-state index in [0.29, 0.717) is 25.3 Å². The zero-order chi connectivity index (χ0) is 10.6. The third-order valence-corrected chi connectivity index (χ3v) is 2.69. The summed E-state index contributed by atoms with van der Waals surface area (Å²) in [6, 6.07) is 0. The number of nitrogens with zero attached hydrogens (tertiary/aromatic N) is 1. The Hall–Kier alpha value is -1.06. The fourth-order valence-corrected chi connectivity index (χ4v) is 1.67. The third-order valence-electron chi connectivity index (χ3n) is 2.69. The maximum atomic E-state index is 11.4. The average Bonchev–Trinajstić information content (AvgIpc) is 2.55. The lowest BCUT2D eigenvalue weighted by Gasteiger charge is -2.15. The predicted octanol–water partition coefficient (Wildman–Crippen LogP) is 0.808. The highest BCUT2D eigenvalue weighted by Crippen LogP contribution is 2.20. The van der Waals surface area contributed by atoms with E-state index >= 15 is 0 Å². The quantitative estimate of drug-likeness (QED) is 0.629. The van der Waals surface area contributed by atoms with E-state index in [-0.39, 0.29) is 11.9 Å². The lowest BCUT2D eigenvalue weighted by molar-refractivity contribution is -0.141. The van der Waals surface area contributed by atoms with Crippen molar-refractivity contribution in [3.8, 4) is 0 Å². The Morgan fingerprint density at radius 1 is 1.64 bits per heavy atom. The molecular weight excluding hydrogens is 182 g/mol. The Balaban J connectivity index is 2.32. The molecule has 1 heterocycles. The first-order valence-electron chi connectivity index (χ1n) is 5.02. The van der Waals surface area contributed by atoms with Crippen molar-refractivity contribution in [2.24, 2.45) is 5.92 Å². The number of carbonyl (C=O) groups is 2. The number of hydrogen-bond donors (Lipinski definition) is 0. The summed E-state index contributed by atoms with van der Waals surface area (Å²) in [6.45, 7) is 3.39. The van der Waals surface area contributed by atoms with Crippen molar-refractivity contribution in [1.82, 2.24) is 4.90 Å². The van der Waals surface area contributed by atoms with Crippen LogP contribution in [0.1, 0.15) is 26.2 Å². The van der Waals surface area contributed by atoms with E-state index in [1.807, 2.05) is 0 Å². The second-order valence-corrected chi connectivity index (χ2v) is 3.64. The van der Waals surface area contributed by atoms with Crippen LogP contribution >= 0.6 is 0 Å². The summed E-state index contributed by atoms with van der Waals surface area (Å²) in [7, 11) is 1.36. The summed E-state index contributed by atoms with van der Waals surface area (Å²) in [5.41, 5.74) is 0. The van der Waals surface area contributed by atoms with Gasteiger partial charge in [0.15, 0.2) is 0 Å². The number of rotatable bonds is 4. The van der Waals surface area contributed by atoms with Crippen LogP contribution in [0.4, 0.5) is 0 Å². The summed E-state index contributed by atoms with van der Waals surface area (Å²) >= 11 is 0. The number of carbonyl (C=O) groups excluding carboxylic acids is 2. The molecule has 4 heteroatoms. The van der Waals surface area contributed by atoms with Gasteiger partial charge in [0.05, 0.1) is 13.5 Å². The summed E-state index contributed by atoms with van der Waals surface area (Å²) in [6.07, 6.45) is 1.97. The van der Waals surface area contributed by atoms with Gasteiger partial charge in [-0.05, 0) is 5.92 Å². The number of hydrogen-bond acceptors (Lipinski definition) is 3. The Labute approximate surface area is 84.2 Å². The molecule has 1 atom stereocenters. The Kier molecular flexibility index (Phi) is 3.92. The second kappa shape index (κ2) is 4.98. The number of esters is 1. The van der Waals surface area contributed by atoms with E-state index in [0.717, 1.165) is 13.0 Å². The van der Waals surface area contributed by atoms with Crippen molar-refractivity contribution in [1.29, 1.82) is 0 Å². The van der Waals surface area contributed by atoms with E-state index in [2.05, 4.69) is 11.7 Å². The highest BCUT2D eigenvalue weighted by atomic mass is 16.5. The predicted molar refractivity (Wildman–Crippen MR) is 51.6 cm³/mol. The minimum atomic E-state index is -0.252. The molecule has 0 aromatic rings. The number of amides is 1. The van der Waals surface area contributed by atoms with Crippen LogP contribution in [0.3, 0.4) is 0 Å². The molecule has 1 saturated heterocycles. The van der Waals surface area contributed by atoms with Crippen molar-refractivity contribution in [3.63, 3.8) is 0 Å². The smallest absolute Gasteiger partial charge is 0.307 e. The fraction of sp³-hybridized carbons (Fsp3) is 0.800. The summed E-state index contributed by atoms with van der Waals surface area (Å²) in [5.74, 6) is 0.388. The van der Waals surface area contributed by atoms with Crippen molar-refractivity contribution in [3.05, 3.63) is 0 Å². The van der Waals surface area contributed by atoms with Crippen LogP contribution in [-0.4, -0.2) is 37.0 Å². The molecule has 0 aromatic carbocycles. The molecule has 0 bridgehead atoms. The topological polar surface area (TPSA) is 46.6 Å². The van der Waals surface area contributed by atoms with Gasteiger partial charge in [0, 0.05) is 19.5 Å². The molecule has 0 N–H and O–H groups in total. The maximum Gasteiger partial charge on any atom is 0.307 e. The zero-order valence-electron chi connectivity index (χ0n) is 8.78. The van der Waals surface area contributed by atoms with Crippen LogP contribution in [0.25, 0.3) is 0 Å². The average molecular weight is 199 g/mol. The molecule has 4 nitrogen and oxygen atoms in total. The third kappa shape index (κ3) is 2.72. The molecule has 1 aliphatic heterocycles. The molecule has 1 rings (SSSR count). The Morgan fingerprint density at radius 2 is 2.36 bits per heavy atom. The van der Waals surface area contributed by atoms with Gasteiger partial charge in [-0.25, -0.2) is 0 Å². The molecule has 0 saturated carbocycles. The molecule has 0 aromatic heterocycles. The van der Waals surface area contributed by atoms with E-state index < -0.39 is 0 Å². The standard InChI is InChI=1S/C10H17NO3/c1-3-8-6-9(12)11(7-8)5-4-10(13)14-2/h8H,3-7H2,1-2H3. The number of likely N-dealkylation sites (tertiary alicyclic amines) is 1. The second-order valence-electron chi connectivity index (χ2n) is 3.64. The Bertz CT molecular complexity index is 227. The molecule has 1 amide bonds. The van der Waals surface area contributed by atoms with E-state index in [1.165, 1.54) is 7.11 Å². The first-order valence-corrected chi connectivity index (χ1v) is 5.02. The van der Waals surface area contributed by atoms with Crippen LogP contribution in [0.2, 0.25) is 0 Å². The molecule has 0 radical (unpaired) electrons. The Morgan fingerprint density at radius 3 is 2.86 bits per heavy atom. The molecule has 1 fully saturated rings. The highest BCUT2D eigenvalue weighted by molar-refractivity contribution is 5.79. The molecule has 80 valence electrons. The van der Waals surface area contributed by atoms with Crippen molar-refractivity contribution < 1.29 is 14.3 Å². The molecule has 1 unspecified atom stereocenters.